The van der Waals surface area contributed by atoms with Gasteiger partial charge in [-0.1, -0.05) is 47.2 Å². The zero-order valence-corrected chi connectivity index (χ0v) is 16.5. The predicted octanol–water partition coefficient (Wildman–Crippen LogP) is 3.85. The molecule has 0 fully saturated rings. The second-order valence-corrected chi connectivity index (χ2v) is 9.31. The van der Waals surface area contributed by atoms with Crippen molar-refractivity contribution in [1.82, 2.24) is 13.7 Å². The molecule has 0 aromatic carbocycles. The van der Waals surface area contributed by atoms with Crippen molar-refractivity contribution in [3.05, 3.63) is 12.3 Å². The molecule has 0 unspecified atom stereocenters. The highest BCUT2D eigenvalue weighted by molar-refractivity contribution is 6.76. The summed E-state index contributed by atoms with van der Waals surface area (Å²) in [5, 5.41) is 0. The topological polar surface area (TPSA) is 9.72 Å². The minimum Gasteiger partial charge on any atom is -0.296 e. The molecule has 0 amide bonds. The molecule has 0 radical (unpaired) electrons. The van der Waals surface area contributed by atoms with E-state index in [2.05, 4.69) is 67.5 Å². The van der Waals surface area contributed by atoms with E-state index in [1.807, 2.05) is 0 Å². The molecule has 0 rings (SSSR count). The van der Waals surface area contributed by atoms with Gasteiger partial charge in [-0.3, -0.25) is 13.7 Å². The lowest BCUT2D eigenvalue weighted by molar-refractivity contribution is 0.258. The lowest BCUT2D eigenvalue weighted by atomic mass is 10.5. The fraction of sp³-hybridized carbons (Fsp3) is 0.882. The van der Waals surface area contributed by atoms with Crippen LogP contribution in [0.1, 0.15) is 60.8 Å². The normalized spacial score (nSPS) is 12.6. The Morgan fingerprint density at radius 1 is 0.667 bits per heavy atom. The fourth-order valence-electron chi connectivity index (χ4n) is 3.46. The van der Waals surface area contributed by atoms with Gasteiger partial charge in [-0.25, -0.2) is 0 Å². The molecule has 0 aliphatic rings. The van der Waals surface area contributed by atoms with Crippen molar-refractivity contribution in [3.63, 3.8) is 0 Å². The van der Waals surface area contributed by atoms with Gasteiger partial charge >= 0.3 is 8.56 Å². The van der Waals surface area contributed by atoms with Gasteiger partial charge in [0.25, 0.3) is 0 Å². The molecular formula is C17H39N3Si. The van der Waals surface area contributed by atoms with E-state index in [9.17, 15) is 0 Å². The molecule has 4 heteroatoms. The van der Waals surface area contributed by atoms with Crippen LogP contribution in [-0.4, -0.2) is 61.5 Å². The fourth-order valence-corrected chi connectivity index (χ4v) is 8.49. The van der Waals surface area contributed by atoms with Gasteiger partial charge in [0.1, 0.15) is 0 Å². The predicted molar refractivity (Wildman–Crippen MR) is 98.6 cm³/mol. The lowest BCUT2D eigenvalue weighted by Crippen LogP contribution is -2.74. The highest BCUT2D eigenvalue weighted by Gasteiger charge is 2.46. The molecule has 126 valence electrons. The lowest BCUT2D eigenvalue weighted by Gasteiger charge is -2.52. The molecule has 0 aromatic rings. The highest BCUT2D eigenvalue weighted by Crippen LogP contribution is 2.23. The largest absolute Gasteiger partial charge is 0.315 e. The first-order chi connectivity index (χ1) is 10.1. The molecule has 0 aliphatic heterocycles. The summed E-state index contributed by atoms with van der Waals surface area (Å²) in [7, 11) is -1.96. The van der Waals surface area contributed by atoms with Crippen LogP contribution in [0.4, 0.5) is 0 Å². The van der Waals surface area contributed by atoms with E-state index in [1.54, 1.807) is 0 Å². The first kappa shape index (κ1) is 20.8. The molecule has 0 bridgehead atoms. The molecule has 0 saturated carbocycles. The van der Waals surface area contributed by atoms with Gasteiger partial charge in [-0.2, -0.15) is 0 Å². The zero-order valence-electron chi connectivity index (χ0n) is 15.5. The van der Waals surface area contributed by atoms with Gasteiger partial charge in [0.05, 0.1) is 0 Å². The Bertz CT molecular complexity index is 235. The molecule has 3 nitrogen and oxygen atoms in total. The van der Waals surface area contributed by atoms with Crippen LogP contribution in [0.2, 0.25) is 0 Å². The smallest absolute Gasteiger partial charge is 0.296 e. The molecule has 0 aromatic heterocycles. The van der Waals surface area contributed by atoms with Crippen LogP contribution in [0.3, 0.4) is 0 Å². The number of rotatable bonds is 13. The van der Waals surface area contributed by atoms with Crippen LogP contribution in [0.15, 0.2) is 12.3 Å². The van der Waals surface area contributed by atoms with E-state index in [0.29, 0.717) is 0 Å². The van der Waals surface area contributed by atoms with Gasteiger partial charge in [0.15, 0.2) is 0 Å². The van der Waals surface area contributed by atoms with E-state index in [4.69, 9.17) is 0 Å². The molecule has 0 spiro atoms. The summed E-state index contributed by atoms with van der Waals surface area (Å²) in [6, 6.07) is 0. The quantitative estimate of drug-likeness (QED) is 0.478. The second-order valence-electron chi connectivity index (χ2n) is 5.63. The first-order valence-electron chi connectivity index (χ1n) is 9.01. The van der Waals surface area contributed by atoms with Gasteiger partial charge in [-0.05, 0) is 58.5 Å². The Labute approximate surface area is 135 Å². The van der Waals surface area contributed by atoms with Gasteiger partial charge in [0, 0.05) is 0 Å². The van der Waals surface area contributed by atoms with Crippen molar-refractivity contribution in [2.45, 2.75) is 60.8 Å². The van der Waals surface area contributed by atoms with E-state index < -0.39 is 8.56 Å². The summed E-state index contributed by atoms with van der Waals surface area (Å²) in [6.45, 7) is 25.0. The van der Waals surface area contributed by atoms with Crippen LogP contribution >= 0.6 is 0 Å². The van der Waals surface area contributed by atoms with Crippen molar-refractivity contribution in [2.24, 2.45) is 0 Å². The van der Waals surface area contributed by atoms with Crippen LogP contribution in [0, 0.1) is 0 Å². The van der Waals surface area contributed by atoms with Gasteiger partial charge in [-0.15, -0.1) is 6.58 Å². The Morgan fingerprint density at radius 3 is 1.10 bits per heavy atom. The summed E-state index contributed by atoms with van der Waals surface area (Å²) in [5.41, 5.74) is 2.32. The third-order valence-corrected chi connectivity index (χ3v) is 9.26. The molecule has 0 saturated heterocycles. The average molecular weight is 314 g/mol. The summed E-state index contributed by atoms with van der Waals surface area (Å²) in [5.74, 6) is 0. The van der Waals surface area contributed by atoms with E-state index in [1.165, 1.54) is 38.9 Å². The number of hydrogen-bond donors (Lipinski definition) is 0. The van der Waals surface area contributed by atoms with Gasteiger partial charge < -0.3 is 0 Å². The van der Waals surface area contributed by atoms with Crippen molar-refractivity contribution in [3.8, 4) is 0 Å². The van der Waals surface area contributed by atoms with Crippen LogP contribution in [0.25, 0.3) is 0 Å². The maximum Gasteiger partial charge on any atom is 0.315 e. The van der Waals surface area contributed by atoms with E-state index in [-0.39, 0.29) is 0 Å². The standard InChI is InChI=1S/C17H39N3Si/c1-8-15-18(11-4)21(14-7,19(12-5)16-9-2)20(13-6)17-10-3/h14H,7-13,15-17H2,1-6H3. The summed E-state index contributed by atoms with van der Waals surface area (Å²) >= 11 is 0. The van der Waals surface area contributed by atoms with Gasteiger partial charge in [0.2, 0.25) is 0 Å². The van der Waals surface area contributed by atoms with Crippen LogP contribution < -0.4 is 0 Å². The Morgan fingerprint density at radius 2 is 0.952 bits per heavy atom. The minimum absolute atomic E-state index is 1.12. The van der Waals surface area contributed by atoms with E-state index in [0.717, 1.165) is 19.6 Å². The maximum atomic E-state index is 4.32. The molecule has 0 aliphatic carbocycles. The number of hydrogen-bond acceptors (Lipinski definition) is 3. The van der Waals surface area contributed by atoms with Crippen molar-refractivity contribution < 1.29 is 0 Å². The number of nitrogens with zero attached hydrogens (tertiary/aromatic N) is 3. The third-order valence-electron chi connectivity index (χ3n) is 4.30. The highest BCUT2D eigenvalue weighted by atomic mass is 28.4. The minimum atomic E-state index is -1.96. The SMILES string of the molecule is C=C[Si](N(CC)CCC)(N(CC)CCC)N(CC)CCC. The molecule has 0 atom stereocenters. The average Bonchev–Trinajstić information content (AvgIpc) is 2.52. The van der Waals surface area contributed by atoms with E-state index >= 15 is 0 Å². The third kappa shape index (κ3) is 4.91. The van der Waals surface area contributed by atoms with Crippen molar-refractivity contribution in [1.29, 1.82) is 0 Å². The maximum absolute atomic E-state index is 4.32. The molecular weight excluding hydrogens is 274 g/mol. The van der Waals surface area contributed by atoms with Crippen LogP contribution in [-0.2, 0) is 0 Å². The molecule has 0 N–H and O–H groups in total. The Hall–Kier alpha value is -0.163. The van der Waals surface area contributed by atoms with Crippen LogP contribution in [0.5, 0.6) is 0 Å². The van der Waals surface area contributed by atoms with Crippen molar-refractivity contribution in [2.75, 3.05) is 39.3 Å². The second kappa shape index (κ2) is 11.4. The Kier molecular flexibility index (Phi) is 11.3. The summed E-state index contributed by atoms with van der Waals surface area (Å²) < 4.78 is 8.20. The summed E-state index contributed by atoms with van der Waals surface area (Å²) in [6.07, 6.45) is 3.64. The molecule has 21 heavy (non-hydrogen) atoms. The zero-order chi connectivity index (χ0) is 16.3. The Balaban J connectivity index is 5.78. The first-order valence-corrected chi connectivity index (χ1v) is 10.9. The summed E-state index contributed by atoms with van der Waals surface area (Å²) in [4.78, 5) is 0. The monoisotopic (exact) mass is 313 g/mol. The van der Waals surface area contributed by atoms with Crippen molar-refractivity contribution >= 4 is 8.56 Å². The molecule has 0 heterocycles.